The van der Waals surface area contributed by atoms with Gasteiger partial charge in [-0.05, 0) is 30.2 Å². The second-order valence-corrected chi connectivity index (χ2v) is 9.56. The van der Waals surface area contributed by atoms with E-state index >= 15 is 0 Å². The Labute approximate surface area is 230 Å². The van der Waals surface area contributed by atoms with E-state index in [0.717, 1.165) is 18.2 Å². The first-order valence-electron chi connectivity index (χ1n) is 12.6. The Balaban J connectivity index is 1.56. The van der Waals surface area contributed by atoms with Crippen molar-refractivity contribution in [1.29, 1.82) is 0 Å². The highest BCUT2D eigenvalue weighted by molar-refractivity contribution is 5.95. The van der Waals surface area contributed by atoms with Crippen LogP contribution in [0.3, 0.4) is 0 Å². The van der Waals surface area contributed by atoms with Gasteiger partial charge in [-0.3, -0.25) is 9.69 Å². The minimum absolute atomic E-state index is 0.0166. The highest BCUT2D eigenvalue weighted by Crippen LogP contribution is 2.50. The average molecular weight is 595 g/mol. The zero-order valence-electron chi connectivity index (χ0n) is 21.8. The third-order valence-electron chi connectivity index (χ3n) is 6.69. The summed E-state index contributed by atoms with van der Waals surface area (Å²) in [7, 11) is 0. The first-order valence-corrected chi connectivity index (χ1v) is 12.6. The summed E-state index contributed by atoms with van der Waals surface area (Å²) in [5.74, 6) is -1.30. The summed E-state index contributed by atoms with van der Waals surface area (Å²) < 4.78 is 93.0. The van der Waals surface area contributed by atoms with Crippen LogP contribution in [0.4, 0.5) is 41.2 Å². The summed E-state index contributed by atoms with van der Waals surface area (Å²) in [6.07, 6.45) is -12.3. The SMILES string of the molecule is CCC(O)CNC(=O)Nc1ccc(C(=O)N2CCN(Cc3ccc(C(O)(C(F)(F)F)C(F)(F)F)cc3)CC2)cc1F. The minimum Gasteiger partial charge on any atom is -0.391 e. The fraction of sp³-hybridized carbons (Fsp3) is 0.462. The molecule has 15 heteroatoms. The molecule has 0 spiro atoms. The van der Waals surface area contributed by atoms with E-state index in [-0.39, 0.29) is 37.4 Å². The largest absolute Gasteiger partial charge is 0.430 e. The van der Waals surface area contributed by atoms with Crippen molar-refractivity contribution >= 4 is 17.6 Å². The van der Waals surface area contributed by atoms with E-state index < -0.39 is 47.4 Å². The molecule has 0 aliphatic carbocycles. The number of hydrogen-bond donors (Lipinski definition) is 4. The molecule has 1 heterocycles. The third kappa shape index (κ3) is 7.45. The lowest BCUT2D eigenvalue weighted by molar-refractivity contribution is -0.376. The summed E-state index contributed by atoms with van der Waals surface area (Å²) in [6.45, 7) is 2.99. The molecule has 3 amide bonds. The molecule has 1 unspecified atom stereocenters. The number of carbonyl (C=O) groups is 2. The molecule has 226 valence electrons. The number of carbonyl (C=O) groups excluding carboxylic acids is 2. The molecule has 1 atom stereocenters. The smallest absolute Gasteiger partial charge is 0.391 e. The van der Waals surface area contributed by atoms with Gasteiger partial charge in [-0.1, -0.05) is 31.2 Å². The molecule has 1 fully saturated rings. The lowest BCUT2D eigenvalue weighted by Gasteiger charge is -2.35. The Morgan fingerprint density at radius 1 is 0.951 bits per heavy atom. The van der Waals surface area contributed by atoms with Crippen LogP contribution in [-0.2, 0) is 12.1 Å². The molecule has 1 aliphatic rings. The maximum absolute atomic E-state index is 14.5. The second-order valence-electron chi connectivity index (χ2n) is 9.56. The molecule has 0 radical (unpaired) electrons. The van der Waals surface area contributed by atoms with Crippen molar-refractivity contribution in [2.45, 2.75) is 43.9 Å². The standard InChI is InChI=1S/C26H29F7N4O4/c1-2-19(38)14-34-23(40)35-21-8-5-17(13-20(21)27)22(39)37-11-9-36(10-12-37)15-16-3-6-18(7-4-16)24(41,25(28,29)30)26(31,32)33/h3-8,13,19,38,41H,2,9-12,14-15H2,1H3,(H2,34,35,40). The molecule has 41 heavy (non-hydrogen) atoms. The molecule has 1 saturated heterocycles. The zero-order valence-corrected chi connectivity index (χ0v) is 21.8. The predicted octanol–water partition coefficient (Wildman–Crippen LogP) is 3.99. The summed E-state index contributed by atoms with van der Waals surface area (Å²) in [5.41, 5.74) is -6.06. The van der Waals surface area contributed by atoms with Crippen molar-refractivity contribution < 1.29 is 50.5 Å². The molecule has 2 aromatic carbocycles. The fourth-order valence-electron chi connectivity index (χ4n) is 4.16. The molecule has 0 saturated carbocycles. The van der Waals surface area contributed by atoms with E-state index in [1.54, 1.807) is 6.92 Å². The summed E-state index contributed by atoms with van der Waals surface area (Å²) >= 11 is 0. The van der Waals surface area contributed by atoms with Crippen molar-refractivity contribution in [1.82, 2.24) is 15.1 Å². The van der Waals surface area contributed by atoms with Crippen LogP contribution in [0.1, 0.15) is 34.8 Å². The third-order valence-corrected chi connectivity index (χ3v) is 6.69. The summed E-state index contributed by atoms with van der Waals surface area (Å²) in [6, 6.07) is 6.14. The van der Waals surface area contributed by atoms with E-state index in [9.17, 15) is 50.5 Å². The Bertz CT molecular complexity index is 1200. The number of nitrogens with zero attached hydrogens (tertiary/aromatic N) is 2. The summed E-state index contributed by atoms with van der Waals surface area (Å²) in [5, 5.41) is 23.7. The Morgan fingerprint density at radius 3 is 2.05 bits per heavy atom. The number of amides is 3. The van der Waals surface area contributed by atoms with E-state index in [2.05, 4.69) is 10.6 Å². The normalized spacial score (nSPS) is 15.9. The molecule has 2 aromatic rings. The van der Waals surface area contributed by atoms with Gasteiger partial charge in [0.1, 0.15) is 5.82 Å². The molecule has 1 aliphatic heterocycles. The fourth-order valence-corrected chi connectivity index (χ4v) is 4.16. The number of urea groups is 1. The van der Waals surface area contributed by atoms with Crippen LogP contribution in [0.25, 0.3) is 0 Å². The maximum Gasteiger partial charge on any atom is 0.430 e. The number of alkyl halides is 6. The zero-order chi connectivity index (χ0) is 30.6. The van der Waals surface area contributed by atoms with Crippen LogP contribution in [-0.4, -0.2) is 83.1 Å². The van der Waals surface area contributed by atoms with Gasteiger partial charge >= 0.3 is 18.4 Å². The first-order chi connectivity index (χ1) is 19.1. The van der Waals surface area contributed by atoms with Crippen molar-refractivity contribution in [2.24, 2.45) is 0 Å². The van der Waals surface area contributed by atoms with Gasteiger partial charge in [0.2, 0.25) is 0 Å². The van der Waals surface area contributed by atoms with E-state index in [0.29, 0.717) is 37.2 Å². The number of anilines is 1. The number of aliphatic hydroxyl groups excluding tert-OH is 1. The molecule has 0 aromatic heterocycles. The van der Waals surface area contributed by atoms with Gasteiger partial charge in [0.25, 0.3) is 11.5 Å². The number of aliphatic hydroxyl groups is 2. The quantitative estimate of drug-likeness (QED) is 0.346. The lowest BCUT2D eigenvalue weighted by Crippen LogP contribution is -2.53. The Morgan fingerprint density at radius 2 is 1.54 bits per heavy atom. The molecule has 4 N–H and O–H groups in total. The van der Waals surface area contributed by atoms with Crippen LogP contribution in [0, 0.1) is 5.82 Å². The molecule has 0 bridgehead atoms. The molecular weight excluding hydrogens is 565 g/mol. The van der Waals surface area contributed by atoms with Crippen molar-refractivity contribution in [3.05, 3.63) is 65.0 Å². The first kappa shape index (κ1) is 32.1. The number of piperazine rings is 1. The second kappa shape index (κ2) is 12.6. The van der Waals surface area contributed by atoms with Gasteiger partial charge in [-0.15, -0.1) is 0 Å². The van der Waals surface area contributed by atoms with Gasteiger partial charge in [0.15, 0.2) is 0 Å². The van der Waals surface area contributed by atoms with Crippen molar-refractivity contribution in [3.8, 4) is 0 Å². The van der Waals surface area contributed by atoms with Gasteiger partial charge < -0.3 is 25.7 Å². The highest BCUT2D eigenvalue weighted by atomic mass is 19.4. The van der Waals surface area contributed by atoms with Gasteiger partial charge in [0, 0.05) is 50.4 Å². The van der Waals surface area contributed by atoms with Gasteiger partial charge in [-0.2, -0.15) is 26.3 Å². The average Bonchev–Trinajstić information content (AvgIpc) is 2.91. The maximum atomic E-state index is 14.5. The van der Waals surface area contributed by atoms with Gasteiger partial charge in [0.05, 0.1) is 11.8 Å². The van der Waals surface area contributed by atoms with Crippen LogP contribution in [0.15, 0.2) is 42.5 Å². The monoisotopic (exact) mass is 594 g/mol. The minimum atomic E-state index is -5.97. The Kier molecular flexibility index (Phi) is 9.87. The van der Waals surface area contributed by atoms with Crippen LogP contribution >= 0.6 is 0 Å². The molecular formula is C26H29F7N4O4. The van der Waals surface area contributed by atoms with E-state index in [4.69, 9.17) is 0 Å². The lowest BCUT2D eigenvalue weighted by atomic mass is 9.91. The van der Waals surface area contributed by atoms with Crippen LogP contribution in [0.5, 0.6) is 0 Å². The number of hydrogen-bond acceptors (Lipinski definition) is 5. The van der Waals surface area contributed by atoms with E-state index in [1.165, 1.54) is 17.0 Å². The highest BCUT2D eigenvalue weighted by Gasteiger charge is 2.71. The Hall–Kier alpha value is -3.43. The summed E-state index contributed by atoms with van der Waals surface area (Å²) in [4.78, 5) is 28.0. The van der Waals surface area contributed by atoms with Crippen LogP contribution < -0.4 is 10.6 Å². The van der Waals surface area contributed by atoms with Crippen molar-refractivity contribution in [2.75, 3.05) is 38.0 Å². The number of rotatable bonds is 8. The van der Waals surface area contributed by atoms with Gasteiger partial charge in [-0.25, -0.2) is 9.18 Å². The number of halogens is 7. The number of nitrogens with one attached hydrogen (secondary N) is 2. The number of benzene rings is 2. The molecule has 3 rings (SSSR count). The predicted molar refractivity (Wildman–Crippen MR) is 133 cm³/mol. The van der Waals surface area contributed by atoms with Crippen molar-refractivity contribution in [3.63, 3.8) is 0 Å². The van der Waals surface area contributed by atoms with Crippen LogP contribution in [0.2, 0.25) is 0 Å². The topological polar surface area (TPSA) is 105 Å². The molecule has 8 nitrogen and oxygen atoms in total. The van der Waals surface area contributed by atoms with E-state index in [1.807, 2.05) is 4.90 Å².